The van der Waals surface area contributed by atoms with Crippen molar-refractivity contribution in [2.75, 3.05) is 39.3 Å². The zero-order chi connectivity index (χ0) is 18.5. The summed E-state index contributed by atoms with van der Waals surface area (Å²) in [4.78, 5) is 28.3. The zero-order valence-corrected chi connectivity index (χ0v) is 15.2. The molecule has 142 valence electrons. The monoisotopic (exact) mass is 362 g/mol. The van der Waals surface area contributed by atoms with Crippen LogP contribution >= 0.6 is 0 Å². The van der Waals surface area contributed by atoms with E-state index < -0.39 is 0 Å². The Balaban J connectivity index is 1.36. The number of hydrogen-bond donors (Lipinski definition) is 2. The average Bonchev–Trinajstić information content (AvgIpc) is 3.41. The van der Waals surface area contributed by atoms with Gasteiger partial charge in [0.05, 0.1) is 19.1 Å². The minimum atomic E-state index is -0.282. The van der Waals surface area contributed by atoms with Crippen molar-refractivity contribution in [1.29, 1.82) is 0 Å². The first kappa shape index (κ1) is 18.8. The van der Waals surface area contributed by atoms with Crippen molar-refractivity contribution in [2.24, 2.45) is 0 Å². The third-order valence-corrected chi connectivity index (χ3v) is 4.89. The molecule has 2 fully saturated rings. The number of halogens is 1. The second kappa shape index (κ2) is 8.60. The molecule has 0 bridgehead atoms. The van der Waals surface area contributed by atoms with Crippen LogP contribution in [0.2, 0.25) is 0 Å². The fraction of sp³-hybridized carbons (Fsp3) is 0.579. The highest BCUT2D eigenvalue weighted by molar-refractivity contribution is 5.79. The van der Waals surface area contributed by atoms with Gasteiger partial charge in [-0.1, -0.05) is 12.1 Å². The molecule has 0 spiro atoms. The number of carbonyl (C=O) groups excluding carboxylic acids is 2. The van der Waals surface area contributed by atoms with Gasteiger partial charge >= 0.3 is 0 Å². The zero-order valence-electron chi connectivity index (χ0n) is 15.2. The van der Waals surface area contributed by atoms with Gasteiger partial charge in [0.2, 0.25) is 11.8 Å². The highest BCUT2D eigenvalue weighted by Gasteiger charge is 2.25. The van der Waals surface area contributed by atoms with Gasteiger partial charge in [-0.05, 0) is 37.5 Å². The average molecular weight is 362 g/mol. The molecule has 2 N–H and O–H groups in total. The van der Waals surface area contributed by atoms with E-state index in [-0.39, 0.29) is 23.7 Å². The lowest BCUT2D eigenvalue weighted by Crippen LogP contribution is -2.51. The van der Waals surface area contributed by atoms with E-state index in [4.69, 9.17) is 0 Å². The highest BCUT2D eigenvalue weighted by Crippen LogP contribution is 2.18. The Labute approximate surface area is 153 Å². The van der Waals surface area contributed by atoms with Gasteiger partial charge in [-0.25, -0.2) is 4.39 Å². The molecule has 1 heterocycles. The van der Waals surface area contributed by atoms with Crippen LogP contribution in [-0.2, 0) is 9.59 Å². The number of carbonyl (C=O) groups is 2. The van der Waals surface area contributed by atoms with Gasteiger partial charge in [0.1, 0.15) is 5.82 Å². The molecule has 1 unspecified atom stereocenters. The smallest absolute Gasteiger partial charge is 0.234 e. The van der Waals surface area contributed by atoms with Crippen LogP contribution in [-0.4, -0.2) is 66.9 Å². The van der Waals surface area contributed by atoms with E-state index in [0.29, 0.717) is 19.1 Å². The quantitative estimate of drug-likeness (QED) is 0.757. The Hall–Kier alpha value is -1.99. The second-order valence-electron chi connectivity index (χ2n) is 7.23. The number of hydrogen-bond acceptors (Lipinski definition) is 4. The van der Waals surface area contributed by atoms with Gasteiger partial charge in [-0.15, -0.1) is 0 Å². The van der Waals surface area contributed by atoms with Crippen LogP contribution in [0.5, 0.6) is 0 Å². The van der Waals surface area contributed by atoms with Crippen LogP contribution in [0.25, 0.3) is 0 Å². The van der Waals surface area contributed by atoms with Crippen molar-refractivity contribution < 1.29 is 14.0 Å². The Kier molecular flexibility index (Phi) is 6.21. The first-order valence-corrected chi connectivity index (χ1v) is 9.28. The van der Waals surface area contributed by atoms with E-state index >= 15 is 0 Å². The Morgan fingerprint density at radius 1 is 1.04 bits per heavy atom. The first-order chi connectivity index (χ1) is 12.5. The number of rotatable bonds is 7. The third kappa shape index (κ3) is 5.78. The minimum Gasteiger partial charge on any atom is -0.352 e. The fourth-order valence-corrected chi connectivity index (χ4v) is 3.13. The van der Waals surface area contributed by atoms with E-state index in [1.165, 1.54) is 12.1 Å². The molecule has 7 heteroatoms. The number of piperazine rings is 1. The molecular weight excluding hydrogens is 335 g/mol. The first-order valence-electron chi connectivity index (χ1n) is 9.28. The molecule has 6 nitrogen and oxygen atoms in total. The van der Waals surface area contributed by atoms with Crippen molar-refractivity contribution in [3.63, 3.8) is 0 Å². The van der Waals surface area contributed by atoms with Gasteiger partial charge in [-0.3, -0.25) is 19.4 Å². The normalized spacial score (nSPS) is 19.8. The Bertz CT molecular complexity index is 625. The molecule has 0 radical (unpaired) electrons. The van der Waals surface area contributed by atoms with Crippen molar-refractivity contribution in [3.8, 4) is 0 Å². The Morgan fingerprint density at radius 3 is 2.12 bits per heavy atom. The van der Waals surface area contributed by atoms with Crippen molar-refractivity contribution >= 4 is 11.8 Å². The molecule has 1 aliphatic heterocycles. The standard InChI is InChI=1S/C19H27FN4O2/c1-14(15-2-4-16(20)5-3-15)21-18(25)12-23-8-10-24(11-9-23)13-19(26)22-17-6-7-17/h2-5,14,17H,6-13H2,1H3,(H,21,25)(H,22,26). The van der Waals surface area contributed by atoms with E-state index in [2.05, 4.69) is 20.4 Å². The van der Waals surface area contributed by atoms with E-state index in [1.54, 1.807) is 12.1 Å². The molecule has 2 amide bonds. The second-order valence-corrected chi connectivity index (χ2v) is 7.23. The van der Waals surface area contributed by atoms with Crippen molar-refractivity contribution in [1.82, 2.24) is 20.4 Å². The number of nitrogens with zero attached hydrogens (tertiary/aromatic N) is 2. The third-order valence-electron chi connectivity index (χ3n) is 4.89. The molecule has 1 aromatic rings. The molecule has 1 aliphatic carbocycles. The molecule has 3 rings (SSSR count). The predicted octanol–water partition coefficient (Wildman–Crippen LogP) is 0.899. The molecule has 1 atom stereocenters. The minimum absolute atomic E-state index is 0.0400. The molecule has 1 saturated heterocycles. The summed E-state index contributed by atoms with van der Waals surface area (Å²) in [7, 11) is 0. The molecule has 1 saturated carbocycles. The summed E-state index contributed by atoms with van der Waals surface area (Å²) >= 11 is 0. The van der Waals surface area contributed by atoms with Crippen LogP contribution < -0.4 is 10.6 Å². The molecule has 1 aromatic carbocycles. The van der Waals surface area contributed by atoms with Crippen LogP contribution in [0.1, 0.15) is 31.4 Å². The molecule has 0 aromatic heterocycles. The summed E-state index contributed by atoms with van der Waals surface area (Å²) in [6.07, 6.45) is 2.20. The van der Waals surface area contributed by atoms with Crippen LogP contribution in [0.15, 0.2) is 24.3 Å². The molecular formula is C19H27FN4O2. The van der Waals surface area contributed by atoms with Crippen molar-refractivity contribution in [2.45, 2.75) is 31.8 Å². The lowest BCUT2D eigenvalue weighted by Gasteiger charge is -2.34. The lowest BCUT2D eigenvalue weighted by atomic mass is 10.1. The van der Waals surface area contributed by atoms with Crippen LogP contribution in [0.4, 0.5) is 4.39 Å². The van der Waals surface area contributed by atoms with E-state index in [9.17, 15) is 14.0 Å². The van der Waals surface area contributed by atoms with E-state index in [1.807, 2.05) is 6.92 Å². The predicted molar refractivity (Wildman–Crippen MR) is 97.0 cm³/mol. The summed E-state index contributed by atoms with van der Waals surface area (Å²) in [5, 5.41) is 5.96. The SMILES string of the molecule is CC(NC(=O)CN1CCN(CC(=O)NC2CC2)CC1)c1ccc(F)cc1. The summed E-state index contributed by atoms with van der Waals surface area (Å²) in [5.41, 5.74) is 0.881. The van der Waals surface area contributed by atoms with Gasteiger partial charge in [0, 0.05) is 32.2 Å². The lowest BCUT2D eigenvalue weighted by molar-refractivity contribution is -0.125. The van der Waals surface area contributed by atoms with Gasteiger partial charge in [0.15, 0.2) is 0 Å². The van der Waals surface area contributed by atoms with Gasteiger partial charge in [-0.2, -0.15) is 0 Å². The van der Waals surface area contributed by atoms with Gasteiger partial charge < -0.3 is 10.6 Å². The number of benzene rings is 1. The topological polar surface area (TPSA) is 64.7 Å². The molecule has 2 aliphatic rings. The maximum absolute atomic E-state index is 13.0. The number of amides is 2. The van der Waals surface area contributed by atoms with E-state index in [0.717, 1.165) is 44.6 Å². The van der Waals surface area contributed by atoms with Crippen LogP contribution in [0.3, 0.4) is 0 Å². The summed E-state index contributed by atoms with van der Waals surface area (Å²) in [6.45, 7) is 5.80. The summed E-state index contributed by atoms with van der Waals surface area (Å²) in [6, 6.07) is 6.41. The summed E-state index contributed by atoms with van der Waals surface area (Å²) in [5.74, 6) is -0.218. The van der Waals surface area contributed by atoms with Crippen molar-refractivity contribution in [3.05, 3.63) is 35.6 Å². The van der Waals surface area contributed by atoms with Gasteiger partial charge in [0.25, 0.3) is 0 Å². The Morgan fingerprint density at radius 2 is 1.58 bits per heavy atom. The largest absolute Gasteiger partial charge is 0.352 e. The highest BCUT2D eigenvalue weighted by atomic mass is 19.1. The van der Waals surface area contributed by atoms with Crippen LogP contribution in [0, 0.1) is 5.82 Å². The summed E-state index contributed by atoms with van der Waals surface area (Å²) < 4.78 is 13.0. The molecule has 26 heavy (non-hydrogen) atoms. The fourth-order valence-electron chi connectivity index (χ4n) is 3.13. The maximum atomic E-state index is 13.0. The number of nitrogens with one attached hydrogen (secondary N) is 2. The maximum Gasteiger partial charge on any atom is 0.234 e.